The molecule has 0 aliphatic carbocycles. The van der Waals surface area contributed by atoms with Crippen molar-refractivity contribution in [3.63, 3.8) is 0 Å². The molecule has 0 aromatic heterocycles. The monoisotopic (exact) mass is 379 g/mol. The normalized spacial score (nSPS) is 18.6. The predicted molar refractivity (Wildman–Crippen MR) is 106 cm³/mol. The van der Waals surface area contributed by atoms with Crippen LogP contribution in [0.2, 0.25) is 0 Å². The van der Waals surface area contributed by atoms with Crippen molar-refractivity contribution >= 4 is 11.7 Å². The fraction of sp³-hybridized carbons (Fsp3) is 0.391. The first-order valence-corrected chi connectivity index (χ1v) is 9.99. The van der Waals surface area contributed by atoms with E-state index in [1.807, 2.05) is 23.1 Å². The van der Waals surface area contributed by atoms with Crippen molar-refractivity contribution in [3.05, 3.63) is 59.7 Å². The molecular formula is C23H25NO4. The van der Waals surface area contributed by atoms with Crippen molar-refractivity contribution in [2.24, 2.45) is 0 Å². The van der Waals surface area contributed by atoms with Crippen LogP contribution in [0, 0.1) is 0 Å². The summed E-state index contributed by atoms with van der Waals surface area (Å²) >= 11 is 0. The van der Waals surface area contributed by atoms with Gasteiger partial charge >= 0.3 is 0 Å². The first kappa shape index (κ1) is 18.5. The molecule has 1 fully saturated rings. The lowest BCUT2D eigenvalue weighted by molar-refractivity contribution is -0.132. The van der Waals surface area contributed by atoms with Gasteiger partial charge in [-0.1, -0.05) is 30.3 Å². The number of carbonyl (C=O) groups is 2. The zero-order chi connectivity index (χ0) is 19.3. The molecule has 5 heteroatoms. The molecule has 2 aliphatic rings. The number of Topliss-reactive ketones (excluding diaryl/α,β-unsaturated/α-hetero) is 1. The molecule has 2 aliphatic heterocycles. The van der Waals surface area contributed by atoms with Crippen LogP contribution in [0.3, 0.4) is 0 Å². The van der Waals surface area contributed by atoms with Gasteiger partial charge in [-0.3, -0.25) is 9.59 Å². The number of likely N-dealkylation sites (tertiary alicyclic amines) is 1. The quantitative estimate of drug-likeness (QED) is 0.732. The van der Waals surface area contributed by atoms with Crippen LogP contribution < -0.4 is 9.47 Å². The Labute approximate surface area is 165 Å². The van der Waals surface area contributed by atoms with E-state index in [1.165, 1.54) is 5.56 Å². The van der Waals surface area contributed by atoms with Crippen molar-refractivity contribution in [3.8, 4) is 11.5 Å². The third kappa shape index (κ3) is 4.03. The second kappa shape index (κ2) is 8.46. The maximum Gasteiger partial charge on any atom is 0.223 e. The predicted octanol–water partition coefficient (Wildman–Crippen LogP) is 4.17. The van der Waals surface area contributed by atoms with E-state index in [9.17, 15) is 9.59 Å². The first-order valence-electron chi connectivity index (χ1n) is 9.99. The lowest BCUT2D eigenvalue weighted by atomic mass is 10.0. The summed E-state index contributed by atoms with van der Waals surface area (Å²) in [7, 11) is 0. The minimum atomic E-state index is -0.0422. The Balaban J connectivity index is 1.38. The lowest BCUT2D eigenvalue weighted by Crippen LogP contribution is -2.30. The number of carbonyl (C=O) groups excluding carboxylic acids is 2. The summed E-state index contributed by atoms with van der Waals surface area (Å²) in [6.07, 6.45) is 3.24. The van der Waals surface area contributed by atoms with Gasteiger partial charge in [-0.2, -0.15) is 0 Å². The average Bonchev–Trinajstić information content (AvgIpc) is 3.11. The van der Waals surface area contributed by atoms with Gasteiger partial charge in [-0.15, -0.1) is 0 Å². The van der Waals surface area contributed by atoms with Crippen LogP contribution in [0.25, 0.3) is 0 Å². The number of rotatable bonds is 5. The number of hydrogen-bond acceptors (Lipinski definition) is 4. The molecule has 0 radical (unpaired) electrons. The van der Waals surface area contributed by atoms with Gasteiger partial charge < -0.3 is 14.4 Å². The van der Waals surface area contributed by atoms with E-state index < -0.39 is 0 Å². The van der Waals surface area contributed by atoms with Crippen LogP contribution >= 0.6 is 0 Å². The molecule has 1 saturated heterocycles. The number of ether oxygens (including phenoxy) is 2. The van der Waals surface area contributed by atoms with Crippen LogP contribution in [0.15, 0.2) is 48.5 Å². The zero-order valence-corrected chi connectivity index (χ0v) is 15.9. The number of nitrogens with zero attached hydrogens (tertiary/aromatic N) is 1. The molecule has 1 unspecified atom stereocenters. The summed E-state index contributed by atoms with van der Waals surface area (Å²) in [5.74, 6) is 1.29. The van der Waals surface area contributed by atoms with E-state index in [0.717, 1.165) is 25.8 Å². The Morgan fingerprint density at radius 3 is 2.54 bits per heavy atom. The molecule has 1 atom stereocenters. The first-order chi connectivity index (χ1) is 13.7. The second-order valence-corrected chi connectivity index (χ2v) is 7.29. The highest BCUT2D eigenvalue weighted by atomic mass is 16.5. The van der Waals surface area contributed by atoms with Crippen LogP contribution in [-0.4, -0.2) is 36.3 Å². The molecular weight excluding hydrogens is 354 g/mol. The Bertz CT molecular complexity index is 849. The summed E-state index contributed by atoms with van der Waals surface area (Å²) in [4.78, 5) is 27.3. The number of ketones is 1. The summed E-state index contributed by atoms with van der Waals surface area (Å²) in [6, 6.07) is 15.5. The molecule has 2 aromatic rings. The molecule has 0 bridgehead atoms. The third-order valence-electron chi connectivity index (χ3n) is 5.39. The number of fused-ring (bicyclic) bond motifs is 1. The van der Waals surface area contributed by atoms with Crippen LogP contribution in [0.4, 0.5) is 0 Å². The molecule has 1 amide bonds. The van der Waals surface area contributed by atoms with E-state index in [-0.39, 0.29) is 30.6 Å². The van der Waals surface area contributed by atoms with Crippen molar-refractivity contribution in [2.75, 3.05) is 19.8 Å². The summed E-state index contributed by atoms with van der Waals surface area (Å²) in [5.41, 5.74) is 1.74. The van der Waals surface area contributed by atoms with Gasteiger partial charge in [-0.25, -0.2) is 0 Å². The maximum absolute atomic E-state index is 12.8. The molecule has 0 spiro atoms. The lowest BCUT2D eigenvalue weighted by Gasteiger charge is -2.25. The fourth-order valence-corrected chi connectivity index (χ4v) is 3.93. The fourth-order valence-electron chi connectivity index (χ4n) is 3.93. The van der Waals surface area contributed by atoms with Gasteiger partial charge in [0.05, 0.1) is 19.3 Å². The smallest absolute Gasteiger partial charge is 0.223 e. The minimum Gasteiger partial charge on any atom is -0.490 e. The number of hydrogen-bond donors (Lipinski definition) is 0. The highest BCUT2D eigenvalue weighted by Crippen LogP contribution is 2.33. The van der Waals surface area contributed by atoms with E-state index in [0.29, 0.717) is 30.3 Å². The van der Waals surface area contributed by atoms with Crippen LogP contribution in [-0.2, 0) is 4.79 Å². The average molecular weight is 379 g/mol. The summed E-state index contributed by atoms with van der Waals surface area (Å²) in [5, 5.41) is 0. The Morgan fingerprint density at radius 1 is 0.929 bits per heavy atom. The number of benzene rings is 2. The molecule has 28 heavy (non-hydrogen) atoms. The van der Waals surface area contributed by atoms with Gasteiger partial charge in [0.1, 0.15) is 0 Å². The second-order valence-electron chi connectivity index (χ2n) is 7.29. The largest absolute Gasteiger partial charge is 0.490 e. The summed E-state index contributed by atoms with van der Waals surface area (Å²) in [6.45, 7) is 1.96. The Morgan fingerprint density at radius 2 is 1.71 bits per heavy atom. The van der Waals surface area contributed by atoms with E-state index >= 15 is 0 Å². The van der Waals surface area contributed by atoms with E-state index in [1.54, 1.807) is 18.2 Å². The maximum atomic E-state index is 12.8. The Hall–Kier alpha value is -2.82. The van der Waals surface area contributed by atoms with Gasteiger partial charge in [0.25, 0.3) is 0 Å². The van der Waals surface area contributed by atoms with E-state index in [4.69, 9.17) is 9.47 Å². The molecule has 0 N–H and O–H groups in total. The van der Waals surface area contributed by atoms with Gasteiger partial charge in [0, 0.05) is 31.4 Å². The van der Waals surface area contributed by atoms with Crippen molar-refractivity contribution in [2.45, 2.75) is 38.1 Å². The number of amides is 1. The standard InChI is InChI=1S/C23H25NO4/c25-20(18-9-11-21-22(16-18)28-15-5-14-27-21)10-12-23(26)24-13-4-8-19(24)17-6-2-1-3-7-17/h1-3,6-7,9,11,16,19H,4-5,8,10,12-15H2. The van der Waals surface area contributed by atoms with Gasteiger partial charge in [0.15, 0.2) is 17.3 Å². The topological polar surface area (TPSA) is 55.8 Å². The highest BCUT2D eigenvalue weighted by molar-refractivity contribution is 5.98. The van der Waals surface area contributed by atoms with Gasteiger partial charge in [-0.05, 0) is 36.6 Å². The van der Waals surface area contributed by atoms with Crippen molar-refractivity contribution < 1.29 is 19.1 Å². The van der Waals surface area contributed by atoms with Crippen LogP contribution in [0.5, 0.6) is 11.5 Å². The van der Waals surface area contributed by atoms with Gasteiger partial charge in [0.2, 0.25) is 5.91 Å². The molecule has 5 nitrogen and oxygen atoms in total. The van der Waals surface area contributed by atoms with E-state index in [2.05, 4.69) is 12.1 Å². The summed E-state index contributed by atoms with van der Waals surface area (Å²) < 4.78 is 11.3. The molecule has 146 valence electrons. The highest BCUT2D eigenvalue weighted by Gasteiger charge is 2.29. The SMILES string of the molecule is O=C(CCC(=O)N1CCCC1c1ccccc1)c1ccc2c(c1)OCCCO2. The van der Waals surface area contributed by atoms with Crippen LogP contribution in [0.1, 0.15) is 54.1 Å². The molecule has 2 heterocycles. The van der Waals surface area contributed by atoms with Crippen molar-refractivity contribution in [1.82, 2.24) is 4.90 Å². The molecule has 0 saturated carbocycles. The molecule has 2 aromatic carbocycles. The Kier molecular flexibility index (Phi) is 5.60. The zero-order valence-electron chi connectivity index (χ0n) is 15.9. The minimum absolute atomic E-state index is 0.0422. The third-order valence-corrected chi connectivity index (χ3v) is 5.39. The van der Waals surface area contributed by atoms with Crippen molar-refractivity contribution in [1.29, 1.82) is 0 Å². The molecule has 4 rings (SSSR count).